The molecule has 0 aliphatic carbocycles. The molecule has 2 heteroatoms. The van der Waals surface area contributed by atoms with Crippen molar-refractivity contribution in [2.75, 3.05) is 6.61 Å². The number of ether oxygens (including phenoxy) is 1. The molecular formula is C18H29NO. The minimum Gasteiger partial charge on any atom is -0.492 e. The molecule has 0 aromatic rings. The van der Waals surface area contributed by atoms with Crippen molar-refractivity contribution < 1.29 is 4.74 Å². The summed E-state index contributed by atoms with van der Waals surface area (Å²) >= 11 is 0. The first kappa shape index (κ1) is 18.3. The maximum absolute atomic E-state index is 6.22. The van der Waals surface area contributed by atoms with E-state index in [9.17, 15) is 0 Å². The SMILES string of the molecule is C=C(C)CC(=C/C=C\C)/C(CC)=C(\N)C(=C)OCCC. The second-order valence-electron chi connectivity index (χ2n) is 4.87. The molecule has 0 saturated carbocycles. The monoisotopic (exact) mass is 275 g/mol. The summed E-state index contributed by atoms with van der Waals surface area (Å²) < 4.78 is 5.55. The molecule has 0 rings (SSSR count). The van der Waals surface area contributed by atoms with Gasteiger partial charge in [-0.25, -0.2) is 0 Å². The van der Waals surface area contributed by atoms with Crippen LogP contribution in [0.25, 0.3) is 0 Å². The van der Waals surface area contributed by atoms with E-state index in [2.05, 4.69) is 33.1 Å². The first-order chi connectivity index (χ1) is 9.47. The summed E-state index contributed by atoms with van der Waals surface area (Å²) in [6, 6.07) is 0. The van der Waals surface area contributed by atoms with Crippen molar-refractivity contribution >= 4 is 0 Å². The summed E-state index contributed by atoms with van der Waals surface area (Å²) in [5.41, 5.74) is 10.3. The second-order valence-corrected chi connectivity index (χ2v) is 4.87. The Balaban J connectivity index is 5.42. The number of hydrogen-bond donors (Lipinski definition) is 1. The lowest BCUT2D eigenvalue weighted by Gasteiger charge is -2.16. The van der Waals surface area contributed by atoms with E-state index in [0.717, 1.165) is 30.4 Å². The van der Waals surface area contributed by atoms with Crippen LogP contribution in [-0.4, -0.2) is 6.61 Å². The minimum atomic E-state index is 0.566. The molecule has 2 N–H and O–H groups in total. The van der Waals surface area contributed by atoms with Gasteiger partial charge >= 0.3 is 0 Å². The fraction of sp³-hybridized carbons (Fsp3) is 0.444. The zero-order valence-corrected chi connectivity index (χ0v) is 13.5. The van der Waals surface area contributed by atoms with Crippen LogP contribution in [0.3, 0.4) is 0 Å². The molecule has 0 heterocycles. The molecule has 0 aliphatic heterocycles. The first-order valence-electron chi connectivity index (χ1n) is 7.25. The Morgan fingerprint density at radius 1 is 1.25 bits per heavy atom. The Labute approximate surface area is 124 Å². The van der Waals surface area contributed by atoms with Crippen LogP contribution in [-0.2, 0) is 4.74 Å². The standard InChI is InChI=1S/C18H29NO/c1-7-10-11-16(13-14(4)5)17(9-3)18(19)15(6)20-12-8-2/h7,10-11H,4,6,8-9,12-13,19H2,1-3,5H3/b10-7-,16-11-,18-17-. The van der Waals surface area contributed by atoms with Gasteiger partial charge in [-0.15, -0.1) is 0 Å². The van der Waals surface area contributed by atoms with Gasteiger partial charge in [0.1, 0.15) is 5.76 Å². The molecule has 0 unspecified atom stereocenters. The van der Waals surface area contributed by atoms with Crippen LogP contribution in [0.4, 0.5) is 0 Å². The normalized spacial score (nSPS) is 13.3. The van der Waals surface area contributed by atoms with Crippen molar-refractivity contribution in [2.24, 2.45) is 5.73 Å². The molecule has 2 nitrogen and oxygen atoms in total. The second kappa shape index (κ2) is 10.1. The molecule has 20 heavy (non-hydrogen) atoms. The molecule has 0 bridgehead atoms. The molecule has 0 radical (unpaired) electrons. The summed E-state index contributed by atoms with van der Waals surface area (Å²) in [5.74, 6) is 0.566. The molecule has 0 aromatic carbocycles. The van der Waals surface area contributed by atoms with Gasteiger partial charge in [-0.05, 0) is 44.3 Å². The third-order valence-corrected chi connectivity index (χ3v) is 2.83. The largest absolute Gasteiger partial charge is 0.492 e. The average Bonchev–Trinajstić information content (AvgIpc) is 2.41. The van der Waals surface area contributed by atoms with E-state index in [1.165, 1.54) is 5.57 Å². The summed E-state index contributed by atoms with van der Waals surface area (Å²) in [6.07, 6.45) is 8.72. The molecule has 0 spiro atoms. The molecule has 0 fully saturated rings. The van der Waals surface area contributed by atoms with Crippen LogP contribution in [0.15, 0.2) is 59.6 Å². The van der Waals surface area contributed by atoms with Gasteiger partial charge in [0.05, 0.1) is 12.3 Å². The third-order valence-electron chi connectivity index (χ3n) is 2.83. The Hall–Kier alpha value is -1.70. The number of rotatable bonds is 9. The van der Waals surface area contributed by atoms with E-state index in [1.54, 1.807) is 0 Å². The van der Waals surface area contributed by atoms with E-state index in [1.807, 2.05) is 26.0 Å². The Kier molecular flexibility index (Phi) is 9.27. The highest BCUT2D eigenvalue weighted by Crippen LogP contribution is 2.25. The Morgan fingerprint density at radius 2 is 1.90 bits per heavy atom. The van der Waals surface area contributed by atoms with Crippen LogP contribution >= 0.6 is 0 Å². The molecule has 0 aromatic heterocycles. The van der Waals surface area contributed by atoms with E-state index < -0.39 is 0 Å². The fourth-order valence-corrected chi connectivity index (χ4v) is 1.87. The zero-order valence-electron chi connectivity index (χ0n) is 13.5. The van der Waals surface area contributed by atoms with Crippen molar-refractivity contribution in [3.8, 4) is 0 Å². The number of allylic oxidation sites excluding steroid dienone is 6. The minimum absolute atomic E-state index is 0.566. The van der Waals surface area contributed by atoms with E-state index in [4.69, 9.17) is 10.5 Å². The lowest BCUT2D eigenvalue weighted by atomic mass is 9.94. The van der Waals surface area contributed by atoms with Crippen LogP contribution in [0.2, 0.25) is 0 Å². The number of hydrogen-bond acceptors (Lipinski definition) is 2. The van der Waals surface area contributed by atoms with Crippen LogP contribution < -0.4 is 5.73 Å². The van der Waals surface area contributed by atoms with Crippen LogP contribution in [0.5, 0.6) is 0 Å². The van der Waals surface area contributed by atoms with Crippen molar-refractivity contribution in [3.63, 3.8) is 0 Å². The highest BCUT2D eigenvalue weighted by molar-refractivity contribution is 5.43. The lowest BCUT2D eigenvalue weighted by molar-refractivity contribution is 0.220. The maximum atomic E-state index is 6.22. The Bertz CT molecular complexity index is 425. The summed E-state index contributed by atoms with van der Waals surface area (Å²) in [6.45, 7) is 16.7. The quantitative estimate of drug-likeness (QED) is 0.364. The summed E-state index contributed by atoms with van der Waals surface area (Å²) in [4.78, 5) is 0. The van der Waals surface area contributed by atoms with Gasteiger partial charge in [0.25, 0.3) is 0 Å². The van der Waals surface area contributed by atoms with Crippen LogP contribution in [0.1, 0.15) is 47.0 Å². The van der Waals surface area contributed by atoms with Gasteiger partial charge in [0.2, 0.25) is 0 Å². The van der Waals surface area contributed by atoms with Gasteiger partial charge in [-0.1, -0.05) is 50.8 Å². The van der Waals surface area contributed by atoms with Crippen LogP contribution in [0, 0.1) is 0 Å². The van der Waals surface area contributed by atoms with Gasteiger partial charge < -0.3 is 10.5 Å². The predicted octanol–water partition coefficient (Wildman–Crippen LogP) is 5.02. The van der Waals surface area contributed by atoms with E-state index in [-0.39, 0.29) is 0 Å². The zero-order chi connectivity index (χ0) is 15.5. The first-order valence-corrected chi connectivity index (χ1v) is 7.25. The van der Waals surface area contributed by atoms with E-state index >= 15 is 0 Å². The molecule has 0 amide bonds. The third kappa shape index (κ3) is 6.46. The molecule has 0 aliphatic rings. The Morgan fingerprint density at radius 3 is 2.35 bits per heavy atom. The van der Waals surface area contributed by atoms with Crippen molar-refractivity contribution in [1.82, 2.24) is 0 Å². The topological polar surface area (TPSA) is 35.2 Å². The molecule has 0 atom stereocenters. The maximum Gasteiger partial charge on any atom is 0.135 e. The summed E-state index contributed by atoms with van der Waals surface area (Å²) in [5, 5.41) is 0. The molecule has 112 valence electrons. The van der Waals surface area contributed by atoms with Crippen molar-refractivity contribution in [2.45, 2.75) is 47.0 Å². The number of nitrogens with two attached hydrogens (primary N) is 1. The van der Waals surface area contributed by atoms with Gasteiger partial charge in [-0.2, -0.15) is 0 Å². The fourth-order valence-electron chi connectivity index (χ4n) is 1.87. The highest BCUT2D eigenvalue weighted by atomic mass is 16.5. The lowest BCUT2D eigenvalue weighted by Crippen LogP contribution is -2.10. The van der Waals surface area contributed by atoms with Gasteiger partial charge in [0.15, 0.2) is 0 Å². The summed E-state index contributed by atoms with van der Waals surface area (Å²) in [7, 11) is 0. The highest BCUT2D eigenvalue weighted by Gasteiger charge is 2.11. The average molecular weight is 275 g/mol. The van der Waals surface area contributed by atoms with Gasteiger partial charge in [0, 0.05) is 0 Å². The smallest absolute Gasteiger partial charge is 0.135 e. The van der Waals surface area contributed by atoms with Crippen molar-refractivity contribution in [1.29, 1.82) is 0 Å². The predicted molar refractivity (Wildman–Crippen MR) is 89.2 cm³/mol. The van der Waals surface area contributed by atoms with Crippen molar-refractivity contribution in [3.05, 3.63) is 59.6 Å². The van der Waals surface area contributed by atoms with E-state index in [0.29, 0.717) is 18.1 Å². The molecular weight excluding hydrogens is 246 g/mol. The van der Waals surface area contributed by atoms with Gasteiger partial charge in [-0.3, -0.25) is 0 Å². The molecule has 0 saturated heterocycles.